The van der Waals surface area contributed by atoms with Gasteiger partial charge in [-0.2, -0.15) is 0 Å². The predicted molar refractivity (Wildman–Crippen MR) is 38.4 cm³/mol. The summed E-state index contributed by atoms with van der Waals surface area (Å²) < 4.78 is 0. The molecule has 0 spiro atoms. The maximum atomic E-state index is 3.83. The van der Waals surface area contributed by atoms with Crippen molar-refractivity contribution < 1.29 is 0 Å². The van der Waals surface area contributed by atoms with Gasteiger partial charge >= 0.3 is 0 Å². The topological polar surface area (TPSA) is 12.4 Å². The van der Waals surface area contributed by atoms with Gasteiger partial charge in [-0.25, -0.2) is 0 Å². The Morgan fingerprint density at radius 2 is 2.12 bits per heavy atom. The number of rotatable bonds is 2. The standard InChI is InChI=1S/C7H13N/c1-6(2)7(3)5-8-4/h5-6H,3H2,1-2,4H3. The Bertz CT molecular complexity index is 101. The normalized spacial score (nSPS) is 11.0. The van der Waals surface area contributed by atoms with E-state index >= 15 is 0 Å². The second kappa shape index (κ2) is 3.42. The fourth-order valence-corrected chi connectivity index (χ4v) is 0.315. The zero-order chi connectivity index (χ0) is 6.57. The van der Waals surface area contributed by atoms with Crippen molar-refractivity contribution in [2.24, 2.45) is 10.9 Å². The largest absolute Gasteiger partial charge is 0.296 e. The zero-order valence-corrected chi connectivity index (χ0v) is 5.81. The van der Waals surface area contributed by atoms with Gasteiger partial charge in [-0.3, -0.25) is 4.99 Å². The van der Waals surface area contributed by atoms with Crippen LogP contribution >= 0.6 is 0 Å². The molecule has 0 aromatic heterocycles. The molecule has 0 heterocycles. The van der Waals surface area contributed by atoms with Gasteiger partial charge < -0.3 is 0 Å². The molecule has 0 bridgehead atoms. The summed E-state index contributed by atoms with van der Waals surface area (Å²) in [7, 11) is 1.76. The minimum atomic E-state index is 0.527. The second-order valence-electron chi connectivity index (χ2n) is 2.12. The molecule has 0 rings (SSSR count). The fraction of sp³-hybridized carbons (Fsp3) is 0.571. The summed E-state index contributed by atoms with van der Waals surface area (Å²) in [5, 5.41) is 0. The number of hydrogen-bond acceptors (Lipinski definition) is 1. The molecular weight excluding hydrogens is 98.1 g/mol. The van der Waals surface area contributed by atoms with Gasteiger partial charge in [0.05, 0.1) is 0 Å². The number of nitrogens with zero attached hydrogens (tertiary/aromatic N) is 1. The molecule has 1 nitrogen and oxygen atoms in total. The van der Waals surface area contributed by atoms with Crippen molar-refractivity contribution in [1.82, 2.24) is 0 Å². The predicted octanol–water partition coefficient (Wildman–Crippen LogP) is 1.90. The van der Waals surface area contributed by atoms with E-state index in [9.17, 15) is 0 Å². The molecule has 0 N–H and O–H groups in total. The lowest BCUT2D eigenvalue weighted by molar-refractivity contribution is 0.810. The second-order valence-corrected chi connectivity index (χ2v) is 2.12. The summed E-state index contributed by atoms with van der Waals surface area (Å²) in [4.78, 5) is 3.83. The molecule has 0 aromatic rings. The number of aliphatic imine (C=N–C) groups is 1. The highest BCUT2D eigenvalue weighted by Gasteiger charge is 1.92. The summed E-state index contributed by atoms with van der Waals surface area (Å²) in [6.07, 6.45) is 1.80. The van der Waals surface area contributed by atoms with Crippen molar-refractivity contribution in [3.05, 3.63) is 12.2 Å². The highest BCUT2D eigenvalue weighted by atomic mass is 14.6. The first-order valence-corrected chi connectivity index (χ1v) is 2.79. The molecule has 0 saturated carbocycles. The van der Waals surface area contributed by atoms with Crippen molar-refractivity contribution in [1.29, 1.82) is 0 Å². The molecular formula is C7H13N. The molecule has 8 heavy (non-hydrogen) atoms. The highest BCUT2D eigenvalue weighted by molar-refractivity contribution is 5.77. The molecule has 0 aliphatic rings. The Hall–Kier alpha value is -0.590. The van der Waals surface area contributed by atoms with Gasteiger partial charge in [0.15, 0.2) is 0 Å². The van der Waals surface area contributed by atoms with Gasteiger partial charge in [-0.1, -0.05) is 20.4 Å². The van der Waals surface area contributed by atoms with Crippen molar-refractivity contribution in [2.75, 3.05) is 7.05 Å². The highest BCUT2D eigenvalue weighted by Crippen LogP contribution is 2.01. The molecule has 0 aromatic carbocycles. The van der Waals surface area contributed by atoms with Crippen LogP contribution < -0.4 is 0 Å². The molecule has 0 saturated heterocycles. The fourth-order valence-electron chi connectivity index (χ4n) is 0.315. The SMILES string of the molecule is C=C(C=NC)C(C)C. The molecule has 0 unspecified atom stereocenters. The van der Waals surface area contributed by atoms with Crippen LogP contribution in [-0.4, -0.2) is 13.3 Å². The molecule has 0 fully saturated rings. The van der Waals surface area contributed by atoms with Crippen LogP contribution in [0.4, 0.5) is 0 Å². The smallest absolute Gasteiger partial charge is 0.0277 e. The minimum absolute atomic E-state index is 0.527. The van der Waals surface area contributed by atoms with Crippen LogP contribution in [0.2, 0.25) is 0 Å². The lowest BCUT2D eigenvalue weighted by Gasteiger charge is -1.99. The van der Waals surface area contributed by atoms with Crippen LogP contribution in [-0.2, 0) is 0 Å². The Balaban J connectivity index is 3.66. The van der Waals surface area contributed by atoms with E-state index in [1.807, 2.05) is 0 Å². The first-order valence-electron chi connectivity index (χ1n) is 2.79. The first kappa shape index (κ1) is 7.41. The number of hydrogen-bond donors (Lipinski definition) is 0. The van der Waals surface area contributed by atoms with E-state index in [-0.39, 0.29) is 0 Å². The van der Waals surface area contributed by atoms with Gasteiger partial charge in [0, 0.05) is 13.3 Å². The molecule has 0 atom stereocenters. The van der Waals surface area contributed by atoms with E-state index in [0.29, 0.717) is 5.92 Å². The Morgan fingerprint density at radius 3 is 2.25 bits per heavy atom. The van der Waals surface area contributed by atoms with Gasteiger partial charge in [0.25, 0.3) is 0 Å². The third-order valence-corrected chi connectivity index (χ3v) is 1.04. The Labute approximate surface area is 51.1 Å². The average molecular weight is 111 g/mol. The van der Waals surface area contributed by atoms with E-state index < -0.39 is 0 Å². The van der Waals surface area contributed by atoms with Crippen molar-refractivity contribution in [2.45, 2.75) is 13.8 Å². The lowest BCUT2D eigenvalue weighted by Crippen LogP contribution is -1.91. The van der Waals surface area contributed by atoms with E-state index in [1.165, 1.54) is 0 Å². The molecule has 0 amide bonds. The van der Waals surface area contributed by atoms with Crippen LogP contribution in [0, 0.1) is 5.92 Å². The van der Waals surface area contributed by atoms with Crippen LogP contribution in [0.15, 0.2) is 17.1 Å². The van der Waals surface area contributed by atoms with Crippen molar-refractivity contribution in [3.8, 4) is 0 Å². The van der Waals surface area contributed by atoms with E-state index in [4.69, 9.17) is 0 Å². The zero-order valence-electron chi connectivity index (χ0n) is 5.81. The monoisotopic (exact) mass is 111 g/mol. The summed E-state index contributed by atoms with van der Waals surface area (Å²) in [5.74, 6) is 0.527. The van der Waals surface area contributed by atoms with Gasteiger partial charge in [-0.05, 0) is 11.5 Å². The minimum Gasteiger partial charge on any atom is -0.296 e. The Kier molecular flexibility index (Phi) is 3.16. The third-order valence-electron chi connectivity index (χ3n) is 1.04. The van der Waals surface area contributed by atoms with Crippen LogP contribution in [0.3, 0.4) is 0 Å². The molecule has 1 heteroatoms. The summed E-state index contributed by atoms with van der Waals surface area (Å²) in [5.41, 5.74) is 1.09. The summed E-state index contributed by atoms with van der Waals surface area (Å²) >= 11 is 0. The molecule has 46 valence electrons. The van der Waals surface area contributed by atoms with Gasteiger partial charge in [0.2, 0.25) is 0 Å². The van der Waals surface area contributed by atoms with Crippen LogP contribution in [0.1, 0.15) is 13.8 Å². The van der Waals surface area contributed by atoms with Crippen LogP contribution in [0.25, 0.3) is 0 Å². The van der Waals surface area contributed by atoms with Crippen molar-refractivity contribution >= 4 is 6.21 Å². The first-order chi connectivity index (χ1) is 3.68. The Morgan fingerprint density at radius 1 is 1.62 bits per heavy atom. The summed E-state index contributed by atoms with van der Waals surface area (Å²) in [6.45, 7) is 8.00. The lowest BCUT2D eigenvalue weighted by atomic mass is 10.1. The number of allylic oxidation sites excluding steroid dienone is 1. The molecule has 0 radical (unpaired) electrons. The maximum Gasteiger partial charge on any atom is 0.0277 e. The van der Waals surface area contributed by atoms with Gasteiger partial charge in [-0.15, -0.1) is 0 Å². The van der Waals surface area contributed by atoms with Crippen molar-refractivity contribution in [3.63, 3.8) is 0 Å². The third kappa shape index (κ3) is 2.56. The molecule has 0 aliphatic heterocycles. The molecule has 0 aliphatic carbocycles. The van der Waals surface area contributed by atoms with Gasteiger partial charge in [0.1, 0.15) is 0 Å². The summed E-state index contributed by atoms with van der Waals surface area (Å²) in [6, 6.07) is 0. The van der Waals surface area contributed by atoms with E-state index in [0.717, 1.165) is 5.57 Å². The van der Waals surface area contributed by atoms with E-state index in [2.05, 4.69) is 25.4 Å². The maximum absolute atomic E-state index is 3.83. The quantitative estimate of drug-likeness (QED) is 0.482. The average Bonchev–Trinajstić information content (AvgIpc) is 1.67. The van der Waals surface area contributed by atoms with Crippen LogP contribution in [0.5, 0.6) is 0 Å². The van der Waals surface area contributed by atoms with E-state index in [1.54, 1.807) is 13.3 Å².